The molecule has 0 saturated carbocycles. The molecule has 0 fully saturated rings. The van der Waals surface area contributed by atoms with Crippen molar-refractivity contribution < 1.29 is 4.79 Å². The van der Waals surface area contributed by atoms with Crippen LogP contribution in [0.2, 0.25) is 0 Å². The molecule has 3 nitrogen and oxygen atoms in total. The van der Waals surface area contributed by atoms with Crippen molar-refractivity contribution in [2.75, 3.05) is 33.1 Å². The number of carbonyl (C=O) groups excluding carboxylic acids is 1. The first kappa shape index (κ1) is 14.4. The Morgan fingerprint density at radius 3 is 2.15 bits per heavy atom. The Bertz CT molecular complexity index is 539. The fraction of sp³-hybridized carbons (Fsp3) is 0.353. The van der Waals surface area contributed by atoms with Gasteiger partial charge in [-0.2, -0.15) is 0 Å². The van der Waals surface area contributed by atoms with Gasteiger partial charge in [-0.15, -0.1) is 0 Å². The van der Waals surface area contributed by atoms with Crippen molar-refractivity contribution in [3.8, 4) is 0 Å². The Morgan fingerprint density at radius 1 is 1.05 bits per heavy atom. The lowest BCUT2D eigenvalue weighted by molar-refractivity contribution is 0.0945. The zero-order valence-corrected chi connectivity index (χ0v) is 12.6. The molecule has 0 amide bonds. The van der Waals surface area contributed by atoms with E-state index in [4.69, 9.17) is 0 Å². The fourth-order valence-corrected chi connectivity index (χ4v) is 2.27. The molecule has 1 aromatic carbocycles. The van der Waals surface area contributed by atoms with E-state index in [2.05, 4.69) is 11.0 Å². The highest BCUT2D eigenvalue weighted by Gasteiger charge is 2.19. The molecule has 106 valence electrons. The van der Waals surface area contributed by atoms with Gasteiger partial charge in [-0.1, -0.05) is 12.2 Å². The average Bonchev–Trinajstić information content (AvgIpc) is 2.46. The summed E-state index contributed by atoms with van der Waals surface area (Å²) in [5.41, 5.74) is 3.06. The van der Waals surface area contributed by atoms with Crippen molar-refractivity contribution in [2.45, 2.75) is 6.42 Å². The smallest absolute Gasteiger partial charge is 0.170 e. The molecule has 0 N–H and O–H groups in total. The lowest BCUT2D eigenvalue weighted by Crippen LogP contribution is -2.18. The van der Waals surface area contributed by atoms with E-state index in [0.29, 0.717) is 0 Å². The van der Waals surface area contributed by atoms with E-state index in [9.17, 15) is 4.79 Å². The lowest BCUT2D eigenvalue weighted by atomic mass is 9.91. The molecule has 0 bridgehead atoms. The number of hydrogen-bond acceptors (Lipinski definition) is 3. The molecule has 0 aromatic heterocycles. The molecule has 0 aliphatic heterocycles. The SMILES string of the molecule is CN(C)C1=CCC(C(=O)c2ccc(N(C)C)cc2)C=C1. The van der Waals surface area contributed by atoms with E-state index in [-0.39, 0.29) is 11.7 Å². The topological polar surface area (TPSA) is 23.6 Å². The van der Waals surface area contributed by atoms with E-state index >= 15 is 0 Å². The summed E-state index contributed by atoms with van der Waals surface area (Å²) in [6.45, 7) is 0. The van der Waals surface area contributed by atoms with Crippen LogP contribution in [-0.4, -0.2) is 38.9 Å². The van der Waals surface area contributed by atoms with Crippen LogP contribution >= 0.6 is 0 Å². The maximum Gasteiger partial charge on any atom is 0.170 e. The van der Waals surface area contributed by atoms with Crippen LogP contribution in [0.3, 0.4) is 0 Å². The first-order valence-electron chi connectivity index (χ1n) is 6.86. The summed E-state index contributed by atoms with van der Waals surface area (Å²) < 4.78 is 0. The highest BCUT2D eigenvalue weighted by molar-refractivity contribution is 5.99. The number of nitrogens with zero attached hydrogens (tertiary/aromatic N) is 2. The van der Waals surface area contributed by atoms with Crippen molar-refractivity contribution in [1.29, 1.82) is 0 Å². The van der Waals surface area contributed by atoms with Crippen molar-refractivity contribution >= 4 is 11.5 Å². The highest BCUT2D eigenvalue weighted by atomic mass is 16.1. The van der Waals surface area contributed by atoms with Crippen LogP contribution in [0.15, 0.2) is 48.2 Å². The van der Waals surface area contributed by atoms with E-state index in [1.54, 1.807) is 0 Å². The summed E-state index contributed by atoms with van der Waals surface area (Å²) in [4.78, 5) is 16.5. The summed E-state index contributed by atoms with van der Waals surface area (Å²) in [7, 11) is 8.01. The van der Waals surface area contributed by atoms with Crippen LogP contribution in [0, 0.1) is 5.92 Å². The monoisotopic (exact) mass is 270 g/mol. The zero-order valence-electron chi connectivity index (χ0n) is 12.6. The Morgan fingerprint density at radius 2 is 1.70 bits per heavy atom. The predicted octanol–water partition coefficient (Wildman–Crippen LogP) is 2.96. The molecule has 20 heavy (non-hydrogen) atoms. The number of likely N-dealkylation sites (N-methyl/N-ethyl adjacent to an activating group) is 1. The van der Waals surface area contributed by atoms with Gasteiger partial charge < -0.3 is 9.80 Å². The maximum absolute atomic E-state index is 12.4. The van der Waals surface area contributed by atoms with Crippen LogP contribution in [0.25, 0.3) is 0 Å². The number of ketones is 1. The van der Waals surface area contributed by atoms with Crippen LogP contribution < -0.4 is 4.90 Å². The van der Waals surface area contributed by atoms with E-state index in [0.717, 1.165) is 23.4 Å². The summed E-state index contributed by atoms with van der Waals surface area (Å²) in [6.07, 6.45) is 6.94. The van der Waals surface area contributed by atoms with Crippen molar-refractivity contribution in [1.82, 2.24) is 4.90 Å². The number of Topliss-reactive ketones (excluding diaryl/α,β-unsaturated/α-hetero) is 1. The molecule has 0 saturated heterocycles. The molecule has 0 heterocycles. The van der Waals surface area contributed by atoms with Crippen LogP contribution in [0.1, 0.15) is 16.8 Å². The molecular formula is C17H22N2O. The normalized spacial score (nSPS) is 17.6. The van der Waals surface area contributed by atoms with Crippen molar-refractivity contribution in [3.05, 3.63) is 53.8 Å². The molecule has 1 unspecified atom stereocenters. The van der Waals surface area contributed by atoms with Gasteiger partial charge in [-0.25, -0.2) is 0 Å². The Hall–Kier alpha value is -2.03. The standard InChI is InChI=1S/C17H22N2O/c1-18(2)15-9-5-13(6-10-15)17(20)14-7-11-16(12-8-14)19(3)4/h5-7,9-12,14H,8H2,1-4H3. The minimum absolute atomic E-state index is 0.0380. The summed E-state index contributed by atoms with van der Waals surface area (Å²) in [6, 6.07) is 7.80. The third-order valence-electron chi connectivity index (χ3n) is 3.60. The highest BCUT2D eigenvalue weighted by Crippen LogP contribution is 2.22. The van der Waals surface area contributed by atoms with Crippen molar-refractivity contribution in [3.63, 3.8) is 0 Å². The number of hydrogen-bond donors (Lipinski definition) is 0. The van der Waals surface area contributed by atoms with Gasteiger partial charge >= 0.3 is 0 Å². The summed E-state index contributed by atoms with van der Waals surface area (Å²) >= 11 is 0. The zero-order chi connectivity index (χ0) is 14.7. The number of anilines is 1. The first-order valence-corrected chi connectivity index (χ1v) is 6.86. The van der Waals surface area contributed by atoms with Gasteiger partial charge in [-0.3, -0.25) is 4.79 Å². The molecule has 2 rings (SSSR count). The molecule has 1 aliphatic rings. The average molecular weight is 270 g/mol. The molecule has 0 spiro atoms. The lowest BCUT2D eigenvalue weighted by Gasteiger charge is -2.20. The summed E-state index contributed by atoms with van der Waals surface area (Å²) in [5, 5.41) is 0. The number of benzene rings is 1. The van der Waals surface area contributed by atoms with Gasteiger partial charge in [0.25, 0.3) is 0 Å². The third kappa shape index (κ3) is 3.10. The second-order valence-electron chi connectivity index (χ2n) is 5.53. The van der Waals surface area contributed by atoms with Gasteiger partial charge in [0.15, 0.2) is 5.78 Å². The molecule has 1 aromatic rings. The van der Waals surface area contributed by atoms with Gasteiger partial charge in [-0.05, 0) is 36.8 Å². The van der Waals surface area contributed by atoms with Gasteiger partial charge in [0.2, 0.25) is 0 Å². The number of carbonyl (C=O) groups is 1. The predicted molar refractivity (Wildman–Crippen MR) is 84.1 cm³/mol. The quantitative estimate of drug-likeness (QED) is 0.786. The molecule has 0 radical (unpaired) electrons. The molecule has 1 aliphatic carbocycles. The number of rotatable bonds is 4. The van der Waals surface area contributed by atoms with E-state index in [1.807, 2.05) is 69.5 Å². The minimum atomic E-state index is -0.0380. The Kier molecular flexibility index (Phi) is 4.28. The number of allylic oxidation sites excluding steroid dienone is 3. The van der Waals surface area contributed by atoms with Gasteiger partial charge in [0.05, 0.1) is 0 Å². The fourth-order valence-electron chi connectivity index (χ4n) is 2.27. The van der Waals surface area contributed by atoms with E-state index < -0.39 is 0 Å². The minimum Gasteiger partial charge on any atom is -0.378 e. The largest absolute Gasteiger partial charge is 0.378 e. The van der Waals surface area contributed by atoms with Gasteiger partial charge in [0, 0.05) is 51.1 Å². The van der Waals surface area contributed by atoms with Crippen molar-refractivity contribution in [2.24, 2.45) is 5.92 Å². The third-order valence-corrected chi connectivity index (χ3v) is 3.60. The Balaban J connectivity index is 2.08. The second kappa shape index (κ2) is 5.95. The molecule has 1 atom stereocenters. The maximum atomic E-state index is 12.4. The first-order chi connectivity index (χ1) is 9.49. The molecular weight excluding hydrogens is 248 g/mol. The second-order valence-corrected chi connectivity index (χ2v) is 5.53. The summed E-state index contributed by atoms with van der Waals surface area (Å²) in [5.74, 6) is 0.157. The van der Waals surface area contributed by atoms with Crippen LogP contribution in [-0.2, 0) is 0 Å². The van der Waals surface area contributed by atoms with Gasteiger partial charge in [0.1, 0.15) is 0 Å². The van der Waals surface area contributed by atoms with Crippen LogP contribution in [0.5, 0.6) is 0 Å². The Labute approximate surface area is 121 Å². The van der Waals surface area contributed by atoms with Crippen LogP contribution in [0.4, 0.5) is 5.69 Å². The molecule has 3 heteroatoms. The van der Waals surface area contributed by atoms with E-state index in [1.165, 1.54) is 0 Å².